The number of halogens is 1. The number of anilines is 1. The quantitative estimate of drug-likeness (QED) is 0.656. The van der Waals surface area contributed by atoms with Gasteiger partial charge in [-0.2, -0.15) is 0 Å². The predicted molar refractivity (Wildman–Crippen MR) is 106 cm³/mol. The number of esters is 1. The van der Waals surface area contributed by atoms with Crippen LogP contribution in [0.2, 0.25) is 0 Å². The molecule has 1 aromatic heterocycles. The van der Waals surface area contributed by atoms with E-state index < -0.39 is 17.7 Å². The van der Waals surface area contributed by atoms with Gasteiger partial charge in [-0.1, -0.05) is 18.2 Å². The molecule has 2 heterocycles. The van der Waals surface area contributed by atoms with Crippen LogP contribution in [0.1, 0.15) is 33.1 Å². The molecule has 0 aliphatic carbocycles. The van der Waals surface area contributed by atoms with Crippen LogP contribution < -0.4 is 10.1 Å². The Balaban J connectivity index is 2.03. The molecule has 0 saturated heterocycles. The zero-order valence-corrected chi connectivity index (χ0v) is 16.1. The normalized spacial score (nSPS) is 15.0. The molecule has 0 saturated carbocycles. The van der Waals surface area contributed by atoms with Gasteiger partial charge < -0.3 is 19.8 Å². The molecule has 2 N–H and O–H groups in total. The van der Waals surface area contributed by atoms with Gasteiger partial charge in [0.2, 0.25) is 5.91 Å². The smallest absolute Gasteiger partial charge is 0.340 e. The van der Waals surface area contributed by atoms with Crippen molar-refractivity contribution in [3.05, 3.63) is 70.7 Å². The summed E-state index contributed by atoms with van der Waals surface area (Å²) in [6.07, 6.45) is 0. The van der Waals surface area contributed by atoms with Crippen molar-refractivity contribution in [3.63, 3.8) is 0 Å². The maximum Gasteiger partial charge on any atom is 0.340 e. The number of rotatable bonds is 4. The van der Waals surface area contributed by atoms with E-state index in [1.807, 2.05) is 24.3 Å². The van der Waals surface area contributed by atoms with Gasteiger partial charge in [0.25, 0.3) is 0 Å². The lowest BCUT2D eigenvalue weighted by molar-refractivity contribution is -0.116. The van der Waals surface area contributed by atoms with E-state index in [0.29, 0.717) is 28.2 Å². The van der Waals surface area contributed by atoms with Crippen LogP contribution in [-0.4, -0.2) is 31.1 Å². The fourth-order valence-electron chi connectivity index (χ4n) is 3.88. The highest BCUT2D eigenvalue weighted by atomic mass is 19.1. The average molecular weight is 394 g/mol. The molecule has 1 aliphatic rings. The first-order chi connectivity index (χ1) is 14.0. The third kappa shape index (κ3) is 2.95. The van der Waals surface area contributed by atoms with Crippen molar-refractivity contribution in [3.8, 4) is 17.0 Å². The molecule has 148 valence electrons. The van der Waals surface area contributed by atoms with Crippen molar-refractivity contribution in [2.24, 2.45) is 0 Å². The number of hydrogen-bond acceptors (Lipinski definition) is 4. The van der Waals surface area contributed by atoms with Crippen LogP contribution in [0.4, 0.5) is 10.1 Å². The number of amides is 1. The van der Waals surface area contributed by atoms with Crippen LogP contribution in [0.25, 0.3) is 11.3 Å². The van der Waals surface area contributed by atoms with E-state index in [0.717, 1.165) is 5.56 Å². The number of benzene rings is 2. The van der Waals surface area contributed by atoms with Crippen molar-refractivity contribution < 1.29 is 23.5 Å². The molecule has 4 rings (SSSR count). The largest absolute Gasteiger partial charge is 0.496 e. The number of aromatic amines is 1. The fourth-order valence-corrected chi connectivity index (χ4v) is 3.88. The second kappa shape index (κ2) is 7.09. The summed E-state index contributed by atoms with van der Waals surface area (Å²) in [5, 5.41) is 2.86. The van der Waals surface area contributed by atoms with Crippen molar-refractivity contribution in [2.45, 2.75) is 12.8 Å². The lowest BCUT2D eigenvalue weighted by atomic mass is 9.87. The molecule has 2 aromatic carbocycles. The molecule has 1 aliphatic heterocycles. The molecular formula is C22H19FN2O4. The van der Waals surface area contributed by atoms with Gasteiger partial charge in [-0.25, -0.2) is 9.18 Å². The number of aromatic nitrogens is 1. The minimum absolute atomic E-state index is 0.252. The van der Waals surface area contributed by atoms with E-state index in [2.05, 4.69) is 10.3 Å². The SMILES string of the molecule is COC(=O)c1c(C)[nH]c(-c2ccc(F)cc2OC)c1C1C(=O)Nc2ccccc21. The van der Waals surface area contributed by atoms with E-state index in [-0.39, 0.29) is 17.2 Å². The minimum Gasteiger partial charge on any atom is -0.496 e. The summed E-state index contributed by atoms with van der Waals surface area (Å²) in [7, 11) is 2.73. The van der Waals surface area contributed by atoms with Gasteiger partial charge in [-0.15, -0.1) is 0 Å². The summed E-state index contributed by atoms with van der Waals surface area (Å²) < 4.78 is 24.1. The van der Waals surface area contributed by atoms with E-state index in [4.69, 9.17) is 9.47 Å². The summed E-state index contributed by atoms with van der Waals surface area (Å²) in [5.41, 5.74) is 3.80. The second-order valence-electron chi connectivity index (χ2n) is 6.76. The van der Waals surface area contributed by atoms with Crippen molar-refractivity contribution in [2.75, 3.05) is 19.5 Å². The summed E-state index contributed by atoms with van der Waals surface area (Å²) in [6.45, 7) is 1.73. The second-order valence-corrected chi connectivity index (χ2v) is 6.76. The van der Waals surface area contributed by atoms with Crippen LogP contribution in [-0.2, 0) is 9.53 Å². The van der Waals surface area contributed by atoms with Crippen molar-refractivity contribution in [1.82, 2.24) is 4.98 Å². The van der Waals surface area contributed by atoms with E-state index in [1.165, 1.54) is 26.4 Å². The van der Waals surface area contributed by atoms with Gasteiger partial charge in [-0.3, -0.25) is 4.79 Å². The first-order valence-corrected chi connectivity index (χ1v) is 9.00. The molecule has 3 aromatic rings. The Hall–Kier alpha value is -3.61. The Kier molecular flexibility index (Phi) is 4.58. The third-order valence-corrected chi connectivity index (χ3v) is 5.13. The predicted octanol–water partition coefficient (Wildman–Crippen LogP) is 4.01. The number of methoxy groups -OCH3 is 2. The molecule has 1 unspecified atom stereocenters. The third-order valence-electron chi connectivity index (χ3n) is 5.13. The highest BCUT2D eigenvalue weighted by Gasteiger charge is 2.39. The standard InChI is InChI=1S/C22H19FN2O4/c1-11-17(22(27)29-3)19(18-13-6-4-5-7-15(13)25-21(18)26)20(24-11)14-9-8-12(23)10-16(14)28-2/h4-10,18,24H,1-3H3,(H,25,26). The van der Waals surface area contributed by atoms with Gasteiger partial charge in [0.15, 0.2) is 0 Å². The number of aryl methyl sites for hydroxylation is 1. The molecular weight excluding hydrogens is 375 g/mol. The molecule has 29 heavy (non-hydrogen) atoms. The minimum atomic E-state index is -0.727. The van der Waals surface area contributed by atoms with Crippen LogP contribution in [0.3, 0.4) is 0 Å². The summed E-state index contributed by atoms with van der Waals surface area (Å²) in [4.78, 5) is 28.7. The van der Waals surface area contributed by atoms with E-state index in [9.17, 15) is 14.0 Å². The maximum atomic E-state index is 13.7. The first-order valence-electron chi connectivity index (χ1n) is 9.00. The number of para-hydroxylation sites is 1. The molecule has 0 fully saturated rings. The first kappa shape index (κ1) is 18.7. The number of nitrogens with one attached hydrogen (secondary N) is 2. The number of ether oxygens (including phenoxy) is 2. The topological polar surface area (TPSA) is 80.4 Å². The molecule has 0 radical (unpaired) electrons. The number of carbonyl (C=O) groups is 2. The van der Waals surface area contributed by atoms with Crippen LogP contribution >= 0.6 is 0 Å². The van der Waals surface area contributed by atoms with Gasteiger partial charge in [0, 0.05) is 28.6 Å². The molecule has 6 nitrogen and oxygen atoms in total. The molecule has 1 amide bonds. The van der Waals surface area contributed by atoms with Crippen LogP contribution in [0, 0.1) is 12.7 Å². The van der Waals surface area contributed by atoms with E-state index >= 15 is 0 Å². The van der Waals surface area contributed by atoms with Gasteiger partial charge >= 0.3 is 5.97 Å². The molecule has 0 bridgehead atoms. The lowest BCUT2D eigenvalue weighted by Crippen LogP contribution is -2.17. The van der Waals surface area contributed by atoms with Crippen molar-refractivity contribution >= 4 is 17.6 Å². The molecule has 7 heteroatoms. The summed E-state index contributed by atoms with van der Waals surface area (Å²) >= 11 is 0. The molecule has 1 atom stereocenters. The highest BCUT2D eigenvalue weighted by Crippen LogP contribution is 2.45. The number of fused-ring (bicyclic) bond motifs is 1. The number of H-pyrrole nitrogens is 1. The number of hydrogen-bond donors (Lipinski definition) is 2. The Morgan fingerprint density at radius 3 is 2.62 bits per heavy atom. The monoisotopic (exact) mass is 394 g/mol. The Morgan fingerprint density at radius 2 is 1.90 bits per heavy atom. The Labute approximate surface area is 166 Å². The highest BCUT2D eigenvalue weighted by molar-refractivity contribution is 6.08. The Bertz CT molecular complexity index is 1140. The summed E-state index contributed by atoms with van der Waals surface area (Å²) in [5.74, 6) is -1.70. The number of carbonyl (C=O) groups excluding carboxylic acids is 2. The van der Waals surface area contributed by atoms with Crippen LogP contribution in [0.15, 0.2) is 42.5 Å². The Morgan fingerprint density at radius 1 is 1.14 bits per heavy atom. The van der Waals surface area contributed by atoms with Crippen LogP contribution in [0.5, 0.6) is 5.75 Å². The lowest BCUT2D eigenvalue weighted by Gasteiger charge is -2.15. The molecule has 0 spiro atoms. The zero-order chi connectivity index (χ0) is 20.7. The van der Waals surface area contributed by atoms with Gasteiger partial charge in [0.1, 0.15) is 11.6 Å². The fraction of sp³-hybridized carbons (Fsp3) is 0.182. The van der Waals surface area contributed by atoms with Crippen molar-refractivity contribution in [1.29, 1.82) is 0 Å². The maximum absolute atomic E-state index is 13.7. The zero-order valence-electron chi connectivity index (χ0n) is 16.1. The van der Waals surface area contributed by atoms with Gasteiger partial charge in [-0.05, 0) is 30.7 Å². The van der Waals surface area contributed by atoms with E-state index in [1.54, 1.807) is 13.0 Å². The average Bonchev–Trinajstić information content (AvgIpc) is 3.22. The summed E-state index contributed by atoms with van der Waals surface area (Å²) in [6, 6.07) is 11.4. The van der Waals surface area contributed by atoms with Gasteiger partial charge in [0.05, 0.1) is 31.4 Å².